The maximum Gasteiger partial charge on any atom is 0.252 e. The molecule has 1 atom stereocenters. The van der Waals surface area contributed by atoms with Crippen LogP contribution in [0.3, 0.4) is 0 Å². The van der Waals surface area contributed by atoms with E-state index >= 15 is 0 Å². The molecule has 166 valence electrons. The highest BCUT2D eigenvalue weighted by atomic mass is 32.2. The van der Waals surface area contributed by atoms with Crippen LogP contribution in [0.25, 0.3) is 0 Å². The molecule has 1 amide bonds. The molecule has 0 aromatic carbocycles. The van der Waals surface area contributed by atoms with Gasteiger partial charge in [0.15, 0.2) is 11.6 Å². The molecule has 0 bridgehead atoms. The number of hydrogen-bond acceptors (Lipinski definition) is 9. The molecule has 2 aromatic heterocycles. The number of methoxy groups -OCH3 is 1. The quantitative estimate of drug-likeness (QED) is 0.590. The van der Waals surface area contributed by atoms with Gasteiger partial charge in [-0.1, -0.05) is 10.3 Å². The van der Waals surface area contributed by atoms with E-state index in [9.17, 15) is 13.2 Å². The Labute approximate surface area is 175 Å². The van der Waals surface area contributed by atoms with Crippen LogP contribution in [0.15, 0.2) is 13.9 Å². The molecule has 0 aliphatic carbocycles. The number of aromatic nitrogens is 3. The summed E-state index contributed by atoms with van der Waals surface area (Å²) in [6, 6.07) is -0.239. The molecule has 0 spiro atoms. The lowest BCUT2D eigenvalue weighted by atomic mass is 10.1. The Kier molecular flexibility index (Phi) is 6.88. The average molecular weight is 442 g/mol. The van der Waals surface area contributed by atoms with Gasteiger partial charge >= 0.3 is 0 Å². The molecule has 3 rings (SSSR count). The molecule has 0 saturated carbocycles. The summed E-state index contributed by atoms with van der Waals surface area (Å²) >= 11 is 0. The number of aryl methyl sites for hydroxylation is 2. The maximum atomic E-state index is 13.1. The van der Waals surface area contributed by atoms with Crippen LogP contribution in [0.4, 0.5) is 0 Å². The summed E-state index contributed by atoms with van der Waals surface area (Å²) in [7, 11) is -2.22. The molecule has 1 aliphatic rings. The van der Waals surface area contributed by atoms with Crippen LogP contribution in [-0.2, 0) is 32.6 Å². The highest BCUT2D eigenvalue weighted by Crippen LogP contribution is 2.27. The van der Waals surface area contributed by atoms with Crippen molar-refractivity contribution in [1.29, 1.82) is 0 Å². The summed E-state index contributed by atoms with van der Waals surface area (Å²) in [6.07, 6.45) is 1.77. The standard InChI is InChI=1S/C18H27N5O6S/c1-12-18(13(2)28-20-12)30(25,26)22-8-5-6-15(10-22)23(14(3)24)9-7-16-19-17(11-27-4)29-21-16/h15H,5-11H2,1-4H3. The molecule has 3 heterocycles. The summed E-state index contributed by atoms with van der Waals surface area (Å²) in [5.41, 5.74) is 0.335. The molecule has 0 N–H and O–H groups in total. The number of hydrogen-bond donors (Lipinski definition) is 0. The fourth-order valence-corrected chi connectivity index (χ4v) is 5.56. The van der Waals surface area contributed by atoms with Crippen LogP contribution < -0.4 is 0 Å². The Bertz CT molecular complexity index is 966. The molecule has 1 aliphatic heterocycles. The fourth-order valence-electron chi connectivity index (χ4n) is 3.76. The second kappa shape index (κ2) is 9.23. The van der Waals surface area contributed by atoms with Gasteiger partial charge < -0.3 is 18.7 Å². The van der Waals surface area contributed by atoms with Crippen LogP contribution in [0, 0.1) is 13.8 Å². The lowest BCUT2D eigenvalue weighted by Crippen LogP contribution is -2.51. The van der Waals surface area contributed by atoms with Crippen molar-refractivity contribution < 1.29 is 27.0 Å². The average Bonchev–Trinajstić information content (AvgIpc) is 3.28. The first-order valence-electron chi connectivity index (χ1n) is 9.74. The summed E-state index contributed by atoms with van der Waals surface area (Å²) in [6.45, 7) is 5.86. The van der Waals surface area contributed by atoms with E-state index in [4.69, 9.17) is 13.8 Å². The van der Waals surface area contributed by atoms with Crippen molar-refractivity contribution in [2.75, 3.05) is 26.7 Å². The van der Waals surface area contributed by atoms with Gasteiger partial charge in [0.2, 0.25) is 15.9 Å². The zero-order valence-corrected chi connectivity index (χ0v) is 18.4. The third-order valence-electron chi connectivity index (χ3n) is 5.12. The van der Waals surface area contributed by atoms with E-state index < -0.39 is 10.0 Å². The molecule has 0 radical (unpaired) electrons. The van der Waals surface area contributed by atoms with Crippen molar-refractivity contribution in [3.8, 4) is 0 Å². The third kappa shape index (κ3) is 4.71. The van der Waals surface area contributed by atoms with E-state index in [1.807, 2.05) is 0 Å². The van der Waals surface area contributed by atoms with Crippen molar-refractivity contribution in [3.05, 3.63) is 23.2 Å². The molecular formula is C18H27N5O6S. The van der Waals surface area contributed by atoms with Crippen LogP contribution in [0.5, 0.6) is 0 Å². The van der Waals surface area contributed by atoms with Gasteiger partial charge in [-0.05, 0) is 26.7 Å². The lowest BCUT2D eigenvalue weighted by molar-refractivity contribution is -0.131. The molecule has 2 aromatic rings. The highest BCUT2D eigenvalue weighted by molar-refractivity contribution is 7.89. The first kappa shape index (κ1) is 22.4. The van der Waals surface area contributed by atoms with Crippen LogP contribution in [0.2, 0.25) is 0 Å². The summed E-state index contributed by atoms with van der Waals surface area (Å²) in [5, 5.41) is 7.65. The molecule has 1 unspecified atom stereocenters. The predicted molar refractivity (Wildman–Crippen MR) is 104 cm³/mol. The number of rotatable bonds is 8. The van der Waals surface area contributed by atoms with E-state index in [2.05, 4.69) is 15.3 Å². The number of sulfonamides is 1. The minimum atomic E-state index is -3.76. The topological polar surface area (TPSA) is 132 Å². The number of piperidine rings is 1. The smallest absolute Gasteiger partial charge is 0.252 e. The van der Waals surface area contributed by atoms with E-state index in [0.717, 1.165) is 0 Å². The first-order valence-corrected chi connectivity index (χ1v) is 11.2. The second-order valence-corrected chi connectivity index (χ2v) is 9.19. The first-order chi connectivity index (χ1) is 14.2. The van der Waals surface area contributed by atoms with Gasteiger partial charge in [0.05, 0.1) is 0 Å². The predicted octanol–water partition coefficient (Wildman–Crippen LogP) is 1.07. The number of carbonyl (C=O) groups is 1. The van der Waals surface area contributed by atoms with Crippen molar-refractivity contribution in [3.63, 3.8) is 0 Å². The Morgan fingerprint density at radius 3 is 2.70 bits per heavy atom. The van der Waals surface area contributed by atoms with Gasteiger partial charge in [0, 0.05) is 46.1 Å². The van der Waals surface area contributed by atoms with Crippen LogP contribution >= 0.6 is 0 Å². The van der Waals surface area contributed by atoms with E-state index in [1.54, 1.807) is 18.7 Å². The Morgan fingerprint density at radius 1 is 1.30 bits per heavy atom. The third-order valence-corrected chi connectivity index (χ3v) is 7.23. The fraction of sp³-hybridized carbons (Fsp3) is 0.667. The van der Waals surface area contributed by atoms with E-state index in [0.29, 0.717) is 49.8 Å². The summed E-state index contributed by atoms with van der Waals surface area (Å²) in [5.74, 6) is 0.986. The minimum Gasteiger partial charge on any atom is -0.375 e. The van der Waals surface area contributed by atoms with E-state index in [-0.39, 0.29) is 35.8 Å². The molecule has 30 heavy (non-hydrogen) atoms. The Hall–Kier alpha value is -2.31. The normalized spacial score (nSPS) is 17.9. The molecule has 11 nitrogen and oxygen atoms in total. The SMILES string of the molecule is COCc1nc(CCN(C(C)=O)C2CCCN(S(=O)(=O)c3c(C)noc3C)C2)no1. The van der Waals surface area contributed by atoms with Gasteiger partial charge in [-0.3, -0.25) is 4.79 Å². The van der Waals surface area contributed by atoms with Crippen LogP contribution in [0.1, 0.15) is 42.9 Å². The zero-order chi connectivity index (χ0) is 21.9. The largest absolute Gasteiger partial charge is 0.375 e. The van der Waals surface area contributed by atoms with E-state index in [1.165, 1.54) is 18.3 Å². The van der Waals surface area contributed by atoms with Gasteiger partial charge in [-0.25, -0.2) is 8.42 Å². The van der Waals surface area contributed by atoms with Crippen LogP contribution in [-0.4, -0.2) is 71.6 Å². The number of nitrogens with zero attached hydrogens (tertiary/aromatic N) is 5. The van der Waals surface area contributed by atoms with Crippen molar-refractivity contribution in [2.24, 2.45) is 0 Å². The van der Waals surface area contributed by atoms with Gasteiger partial charge in [-0.15, -0.1) is 0 Å². The Morgan fingerprint density at radius 2 is 2.07 bits per heavy atom. The summed E-state index contributed by atoms with van der Waals surface area (Å²) in [4.78, 5) is 18.3. The lowest BCUT2D eigenvalue weighted by Gasteiger charge is -2.38. The van der Waals surface area contributed by atoms with Crippen molar-refractivity contribution in [2.45, 2.75) is 57.6 Å². The number of carbonyl (C=O) groups excluding carboxylic acids is 1. The Balaban J connectivity index is 1.71. The van der Waals surface area contributed by atoms with Gasteiger partial charge in [-0.2, -0.15) is 9.29 Å². The monoisotopic (exact) mass is 441 g/mol. The number of amides is 1. The molecule has 1 saturated heterocycles. The molecule has 1 fully saturated rings. The number of ether oxygens (including phenoxy) is 1. The van der Waals surface area contributed by atoms with Gasteiger partial charge in [0.25, 0.3) is 5.89 Å². The second-order valence-electron chi connectivity index (χ2n) is 7.31. The zero-order valence-electron chi connectivity index (χ0n) is 17.6. The molecular weight excluding hydrogens is 414 g/mol. The van der Waals surface area contributed by atoms with Gasteiger partial charge in [0.1, 0.15) is 17.2 Å². The maximum absolute atomic E-state index is 13.1. The van der Waals surface area contributed by atoms with Crippen molar-refractivity contribution >= 4 is 15.9 Å². The highest BCUT2D eigenvalue weighted by Gasteiger charge is 2.36. The minimum absolute atomic E-state index is 0.106. The van der Waals surface area contributed by atoms with Crippen molar-refractivity contribution in [1.82, 2.24) is 24.5 Å². The molecule has 12 heteroatoms. The summed E-state index contributed by atoms with van der Waals surface area (Å²) < 4.78 is 42.8.